The first-order valence-electron chi connectivity index (χ1n) is 11.4. The summed E-state index contributed by atoms with van der Waals surface area (Å²) in [5.74, 6) is -1.90. The molecule has 0 aliphatic carbocycles. The summed E-state index contributed by atoms with van der Waals surface area (Å²) in [7, 11) is 1.72. The van der Waals surface area contributed by atoms with Crippen LogP contribution >= 0.6 is 0 Å². The van der Waals surface area contributed by atoms with Crippen molar-refractivity contribution < 1.29 is 29.3 Å². The number of hydrogen-bond donors (Lipinski definition) is 2. The van der Waals surface area contributed by atoms with Gasteiger partial charge in [0.05, 0.1) is 13.7 Å². The van der Waals surface area contributed by atoms with Gasteiger partial charge in [0, 0.05) is 6.42 Å². The summed E-state index contributed by atoms with van der Waals surface area (Å²) in [6, 6.07) is 16.7. The smallest absolute Gasteiger partial charge is 0.414 e. The molecule has 0 saturated carbocycles. The number of benzene rings is 2. The van der Waals surface area contributed by atoms with Gasteiger partial charge >= 0.3 is 11.9 Å². The number of hydrogen-bond acceptors (Lipinski definition) is 5. The van der Waals surface area contributed by atoms with Crippen LogP contribution in [0.2, 0.25) is 0 Å². The molecule has 0 unspecified atom stereocenters. The number of carboxylic acid groups (broad SMARTS) is 2. The largest absolute Gasteiger partial charge is 0.493 e. The molecule has 0 heterocycles. The van der Waals surface area contributed by atoms with E-state index in [1.165, 1.54) is 37.1 Å². The van der Waals surface area contributed by atoms with Crippen LogP contribution in [0, 0.1) is 0 Å². The summed E-state index contributed by atoms with van der Waals surface area (Å²) in [5, 5.41) is 14.8. The predicted molar refractivity (Wildman–Crippen MR) is 129 cm³/mol. The first-order valence-corrected chi connectivity index (χ1v) is 11.4. The molecule has 0 aromatic heterocycles. The minimum Gasteiger partial charge on any atom is -0.493 e. The monoisotopic (exact) mass is 459 g/mol. The standard InChI is InChI=1S/C24H35NO2.C2H2O4/c1-4-17-25(18-5-2)19-10-14-22-13-9-15-23(26-3)24(22)27-20-16-21-11-7-6-8-12-21;3-1(4)2(5)6/h6-9,11-13,15H,4-5,10,14,16-20H2,1-3H3;(H,3,4)(H,5,6). The highest BCUT2D eigenvalue weighted by Gasteiger charge is 2.11. The lowest BCUT2D eigenvalue weighted by Gasteiger charge is -2.21. The van der Waals surface area contributed by atoms with Crippen LogP contribution < -0.4 is 9.47 Å². The molecule has 2 rings (SSSR count). The second kappa shape index (κ2) is 16.6. The second-order valence-corrected chi connectivity index (χ2v) is 7.59. The average molecular weight is 460 g/mol. The number of rotatable bonds is 13. The third-order valence-electron chi connectivity index (χ3n) is 4.94. The van der Waals surface area contributed by atoms with Gasteiger partial charge in [-0.25, -0.2) is 9.59 Å². The molecule has 0 atom stereocenters. The van der Waals surface area contributed by atoms with Gasteiger partial charge in [0.15, 0.2) is 11.5 Å². The van der Waals surface area contributed by atoms with Gasteiger partial charge in [0.1, 0.15) is 0 Å². The third-order valence-corrected chi connectivity index (χ3v) is 4.94. The molecule has 2 aromatic rings. The lowest BCUT2D eigenvalue weighted by atomic mass is 10.1. The molecule has 7 nitrogen and oxygen atoms in total. The van der Waals surface area contributed by atoms with E-state index in [2.05, 4.69) is 55.1 Å². The van der Waals surface area contributed by atoms with Crippen molar-refractivity contribution in [3.05, 3.63) is 59.7 Å². The maximum atomic E-state index is 9.10. The van der Waals surface area contributed by atoms with Crippen molar-refractivity contribution in [1.82, 2.24) is 4.90 Å². The van der Waals surface area contributed by atoms with Crippen molar-refractivity contribution in [2.45, 2.75) is 46.0 Å². The third kappa shape index (κ3) is 11.4. The predicted octanol–water partition coefficient (Wildman–Crippen LogP) is 4.53. The van der Waals surface area contributed by atoms with Crippen LogP contribution in [0.3, 0.4) is 0 Å². The number of para-hydroxylation sites is 1. The number of carbonyl (C=O) groups is 2. The van der Waals surface area contributed by atoms with Crippen LogP contribution in [-0.2, 0) is 22.4 Å². The minimum absolute atomic E-state index is 0.662. The number of aliphatic carboxylic acids is 2. The fourth-order valence-electron chi connectivity index (χ4n) is 3.46. The molecule has 182 valence electrons. The van der Waals surface area contributed by atoms with Crippen molar-refractivity contribution in [2.75, 3.05) is 33.4 Å². The van der Waals surface area contributed by atoms with E-state index < -0.39 is 11.9 Å². The Hall–Kier alpha value is -3.06. The summed E-state index contributed by atoms with van der Waals surface area (Å²) in [6.45, 7) is 8.68. The lowest BCUT2D eigenvalue weighted by Crippen LogP contribution is -2.26. The fraction of sp³-hybridized carbons (Fsp3) is 0.462. The molecular weight excluding hydrogens is 422 g/mol. The lowest BCUT2D eigenvalue weighted by molar-refractivity contribution is -0.159. The average Bonchev–Trinajstić information content (AvgIpc) is 2.81. The van der Waals surface area contributed by atoms with Crippen LogP contribution in [0.25, 0.3) is 0 Å². The fourth-order valence-corrected chi connectivity index (χ4v) is 3.46. The van der Waals surface area contributed by atoms with E-state index >= 15 is 0 Å². The van der Waals surface area contributed by atoms with Crippen molar-refractivity contribution in [1.29, 1.82) is 0 Å². The topological polar surface area (TPSA) is 96.3 Å². The molecule has 0 spiro atoms. The quantitative estimate of drug-likeness (QED) is 0.425. The SMILES string of the molecule is CCCN(CCC)CCCc1cccc(OC)c1OCCc1ccccc1.O=C(O)C(=O)O. The molecule has 0 aliphatic rings. The number of methoxy groups -OCH3 is 1. The Morgan fingerprint density at radius 2 is 1.48 bits per heavy atom. The zero-order valence-corrected chi connectivity index (χ0v) is 20.0. The van der Waals surface area contributed by atoms with Gasteiger partial charge in [-0.05, 0) is 62.5 Å². The van der Waals surface area contributed by atoms with Gasteiger partial charge in [-0.3, -0.25) is 0 Å². The maximum Gasteiger partial charge on any atom is 0.414 e. The van der Waals surface area contributed by atoms with Gasteiger partial charge < -0.3 is 24.6 Å². The van der Waals surface area contributed by atoms with Crippen molar-refractivity contribution in [3.8, 4) is 11.5 Å². The minimum atomic E-state index is -1.82. The summed E-state index contributed by atoms with van der Waals surface area (Å²) < 4.78 is 11.7. The van der Waals surface area contributed by atoms with Crippen molar-refractivity contribution >= 4 is 11.9 Å². The molecular formula is C26H37NO6. The van der Waals surface area contributed by atoms with Crippen LogP contribution in [-0.4, -0.2) is 60.4 Å². The zero-order valence-electron chi connectivity index (χ0n) is 20.0. The van der Waals surface area contributed by atoms with Crippen molar-refractivity contribution in [2.24, 2.45) is 0 Å². The maximum absolute atomic E-state index is 9.10. The summed E-state index contributed by atoms with van der Waals surface area (Å²) in [4.78, 5) is 20.8. The number of carboxylic acids is 2. The Morgan fingerprint density at radius 3 is 2.03 bits per heavy atom. The Morgan fingerprint density at radius 1 is 0.848 bits per heavy atom. The van der Waals surface area contributed by atoms with Gasteiger partial charge in [-0.2, -0.15) is 0 Å². The number of ether oxygens (including phenoxy) is 2. The van der Waals surface area contributed by atoms with E-state index in [0.29, 0.717) is 6.61 Å². The second-order valence-electron chi connectivity index (χ2n) is 7.59. The van der Waals surface area contributed by atoms with Crippen LogP contribution in [0.5, 0.6) is 11.5 Å². The molecule has 0 bridgehead atoms. The Bertz CT molecular complexity index is 807. The van der Waals surface area contributed by atoms with E-state index in [-0.39, 0.29) is 0 Å². The molecule has 7 heteroatoms. The van der Waals surface area contributed by atoms with Crippen LogP contribution in [0.15, 0.2) is 48.5 Å². The highest BCUT2D eigenvalue weighted by atomic mass is 16.5. The van der Waals surface area contributed by atoms with E-state index in [9.17, 15) is 0 Å². The first kappa shape index (κ1) is 28.0. The van der Waals surface area contributed by atoms with Crippen LogP contribution in [0.1, 0.15) is 44.2 Å². The Kier molecular flexibility index (Phi) is 14.0. The molecule has 0 fully saturated rings. The summed E-state index contributed by atoms with van der Waals surface area (Å²) >= 11 is 0. The van der Waals surface area contributed by atoms with E-state index in [1.54, 1.807) is 7.11 Å². The van der Waals surface area contributed by atoms with E-state index in [4.69, 9.17) is 29.3 Å². The summed E-state index contributed by atoms with van der Waals surface area (Å²) in [5.41, 5.74) is 2.54. The molecule has 0 saturated heterocycles. The molecule has 33 heavy (non-hydrogen) atoms. The Labute approximate surface area is 197 Å². The molecule has 0 amide bonds. The normalized spacial score (nSPS) is 10.3. The van der Waals surface area contributed by atoms with Gasteiger partial charge in [0.2, 0.25) is 0 Å². The van der Waals surface area contributed by atoms with Gasteiger partial charge in [-0.1, -0.05) is 56.3 Å². The molecule has 2 aromatic carbocycles. The Balaban J connectivity index is 0.000000801. The van der Waals surface area contributed by atoms with Crippen LogP contribution in [0.4, 0.5) is 0 Å². The molecule has 2 N–H and O–H groups in total. The highest BCUT2D eigenvalue weighted by Crippen LogP contribution is 2.32. The highest BCUT2D eigenvalue weighted by molar-refractivity contribution is 6.27. The number of aryl methyl sites for hydroxylation is 1. The van der Waals surface area contributed by atoms with Crippen molar-refractivity contribution in [3.63, 3.8) is 0 Å². The van der Waals surface area contributed by atoms with Gasteiger partial charge in [0.25, 0.3) is 0 Å². The zero-order chi connectivity index (χ0) is 24.5. The molecule has 0 radical (unpaired) electrons. The first-order chi connectivity index (χ1) is 15.9. The van der Waals surface area contributed by atoms with E-state index in [0.717, 1.165) is 37.3 Å². The summed E-state index contributed by atoms with van der Waals surface area (Å²) in [6.07, 6.45) is 5.49. The molecule has 0 aliphatic heterocycles. The van der Waals surface area contributed by atoms with E-state index in [1.807, 2.05) is 12.1 Å². The van der Waals surface area contributed by atoms with Gasteiger partial charge in [-0.15, -0.1) is 0 Å². The number of nitrogens with zero attached hydrogens (tertiary/aromatic N) is 1.